The first-order chi connectivity index (χ1) is 8.27. The van der Waals surface area contributed by atoms with Gasteiger partial charge in [-0.3, -0.25) is 4.68 Å². The molecular formula is C14H19N3. The van der Waals surface area contributed by atoms with Gasteiger partial charge in [-0.15, -0.1) is 0 Å². The average molecular weight is 229 g/mol. The van der Waals surface area contributed by atoms with E-state index in [0.717, 1.165) is 19.6 Å². The van der Waals surface area contributed by atoms with Crippen LogP contribution in [0.3, 0.4) is 0 Å². The third kappa shape index (κ3) is 3.17. The maximum Gasteiger partial charge on any atom is 0.0534 e. The molecule has 2 rings (SSSR count). The lowest BCUT2D eigenvalue weighted by atomic mass is 10.0. The van der Waals surface area contributed by atoms with Crippen molar-refractivity contribution in [2.45, 2.75) is 26.9 Å². The van der Waals surface area contributed by atoms with Gasteiger partial charge in [-0.05, 0) is 36.6 Å². The van der Waals surface area contributed by atoms with Crippen molar-refractivity contribution in [1.82, 2.24) is 15.1 Å². The lowest BCUT2D eigenvalue weighted by Crippen LogP contribution is -2.20. The third-order valence-electron chi connectivity index (χ3n) is 3.02. The van der Waals surface area contributed by atoms with Gasteiger partial charge in [0.25, 0.3) is 0 Å². The predicted octanol–water partition coefficient (Wildman–Crippen LogP) is 2.29. The zero-order valence-corrected chi connectivity index (χ0v) is 10.5. The molecule has 17 heavy (non-hydrogen) atoms. The minimum absolute atomic E-state index is 0.915. The summed E-state index contributed by atoms with van der Waals surface area (Å²) in [5.74, 6) is 0. The molecular weight excluding hydrogens is 210 g/mol. The van der Waals surface area contributed by atoms with Gasteiger partial charge in [0.2, 0.25) is 0 Å². The van der Waals surface area contributed by atoms with E-state index in [1.54, 1.807) is 0 Å². The lowest BCUT2D eigenvalue weighted by molar-refractivity contribution is 0.553. The topological polar surface area (TPSA) is 29.9 Å². The fourth-order valence-electron chi connectivity index (χ4n) is 1.97. The Morgan fingerprint density at radius 3 is 2.59 bits per heavy atom. The molecule has 90 valence electrons. The Bertz CT molecular complexity index is 440. The van der Waals surface area contributed by atoms with Crippen LogP contribution < -0.4 is 5.32 Å². The summed E-state index contributed by atoms with van der Waals surface area (Å²) >= 11 is 0. The summed E-state index contributed by atoms with van der Waals surface area (Å²) in [7, 11) is 0. The average Bonchev–Trinajstić information content (AvgIpc) is 2.80. The summed E-state index contributed by atoms with van der Waals surface area (Å²) in [6, 6.07) is 8.39. The van der Waals surface area contributed by atoms with Crippen molar-refractivity contribution in [2.75, 3.05) is 6.54 Å². The zero-order chi connectivity index (χ0) is 12.1. The number of rotatable bonds is 5. The molecule has 1 N–H and O–H groups in total. The van der Waals surface area contributed by atoms with Gasteiger partial charge in [-0.1, -0.05) is 18.2 Å². The van der Waals surface area contributed by atoms with Crippen LogP contribution in [0.5, 0.6) is 0 Å². The van der Waals surface area contributed by atoms with Crippen molar-refractivity contribution in [2.24, 2.45) is 0 Å². The van der Waals surface area contributed by atoms with E-state index >= 15 is 0 Å². The number of aromatic nitrogens is 2. The van der Waals surface area contributed by atoms with E-state index in [-0.39, 0.29) is 0 Å². The van der Waals surface area contributed by atoms with Gasteiger partial charge in [0, 0.05) is 25.5 Å². The van der Waals surface area contributed by atoms with Gasteiger partial charge >= 0.3 is 0 Å². The van der Waals surface area contributed by atoms with Crippen molar-refractivity contribution in [3.05, 3.63) is 53.3 Å². The Morgan fingerprint density at radius 1 is 1.18 bits per heavy atom. The first-order valence-electron chi connectivity index (χ1n) is 6.00. The Kier molecular flexibility index (Phi) is 3.94. The highest BCUT2D eigenvalue weighted by Gasteiger charge is 2.00. The highest BCUT2D eigenvalue weighted by Crippen LogP contribution is 2.12. The number of aryl methyl sites for hydroxylation is 2. The molecule has 3 heteroatoms. The van der Waals surface area contributed by atoms with Gasteiger partial charge in [0.1, 0.15) is 0 Å². The van der Waals surface area contributed by atoms with Crippen LogP contribution >= 0.6 is 0 Å². The Morgan fingerprint density at radius 2 is 1.94 bits per heavy atom. The summed E-state index contributed by atoms with van der Waals surface area (Å²) in [4.78, 5) is 0. The summed E-state index contributed by atoms with van der Waals surface area (Å²) < 4.78 is 1.94. The van der Waals surface area contributed by atoms with Crippen LogP contribution in [-0.2, 0) is 13.1 Å². The van der Waals surface area contributed by atoms with E-state index in [1.165, 1.54) is 16.7 Å². The van der Waals surface area contributed by atoms with Crippen LogP contribution in [-0.4, -0.2) is 16.3 Å². The van der Waals surface area contributed by atoms with Crippen LogP contribution in [0.15, 0.2) is 36.7 Å². The van der Waals surface area contributed by atoms with Gasteiger partial charge in [0.15, 0.2) is 0 Å². The quantitative estimate of drug-likeness (QED) is 0.797. The van der Waals surface area contributed by atoms with Gasteiger partial charge in [-0.25, -0.2) is 0 Å². The normalized spacial score (nSPS) is 10.7. The number of nitrogens with zero attached hydrogens (tertiary/aromatic N) is 2. The fourth-order valence-corrected chi connectivity index (χ4v) is 1.97. The second kappa shape index (κ2) is 5.64. The largest absolute Gasteiger partial charge is 0.311 e. The standard InChI is InChI=1S/C14H19N3/c1-12-5-3-6-13(2)14(12)11-15-8-10-17-9-4-7-16-17/h3-7,9,15H,8,10-11H2,1-2H3. The Balaban J connectivity index is 1.82. The maximum absolute atomic E-state index is 4.17. The number of hydrogen-bond acceptors (Lipinski definition) is 2. The molecule has 2 aromatic rings. The van der Waals surface area contributed by atoms with E-state index < -0.39 is 0 Å². The van der Waals surface area contributed by atoms with Crippen LogP contribution in [0.1, 0.15) is 16.7 Å². The molecule has 0 unspecified atom stereocenters. The molecule has 0 bridgehead atoms. The zero-order valence-electron chi connectivity index (χ0n) is 10.5. The molecule has 0 aliphatic rings. The van der Waals surface area contributed by atoms with Gasteiger partial charge < -0.3 is 5.32 Å². The number of nitrogens with one attached hydrogen (secondary N) is 1. The van der Waals surface area contributed by atoms with E-state index in [2.05, 4.69) is 42.5 Å². The molecule has 0 atom stereocenters. The molecule has 0 saturated carbocycles. The lowest BCUT2D eigenvalue weighted by Gasteiger charge is -2.10. The van der Waals surface area contributed by atoms with E-state index in [9.17, 15) is 0 Å². The molecule has 0 spiro atoms. The molecule has 0 radical (unpaired) electrons. The molecule has 1 aromatic carbocycles. The van der Waals surface area contributed by atoms with Crippen molar-refractivity contribution >= 4 is 0 Å². The highest BCUT2D eigenvalue weighted by molar-refractivity contribution is 5.33. The molecule has 0 aliphatic carbocycles. The van der Waals surface area contributed by atoms with E-state index in [1.807, 2.05) is 23.1 Å². The van der Waals surface area contributed by atoms with Gasteiger partial charge in [-0.2, -0.15) is 5.10 Å². The van der Waals surface area contributed by atoms with Crippen LogP contribution in [0.2, 0.25) is 0 Å². The van der Waals surface area contributed by atoms with Crippen molar-refractivity contribution < 1.29 is 0 Å². The van der Waals surface area contributed by atoms with Crippen molar-refractivity contribution in [3.63, 3.8) is 0 Å². The minimum atomic E-state index is 0.915. The first-order valence-corrected chi connectivity index (χ1v) is 6.00. The molecule has 0 fully saturated rings. The monoisotopic (exact) mass is 229 g/mol. The SMILES string of the molecule is Cc1cccc(C)c1CNCCn1cccn1. The van der Waals surface area contributed by atoms with Crippen LogP contribution in [0, 0.1) is 13.8 Å². The number of hydrogen-bond donors (Lipinski definition) is 1. The molecule has 1 heterocycles. The second-order valence-corrected chi connectivity index (χ2v) is 4.32. The third-order valence-corrected chi connectivity index (χ3v) is 3.02. The maximum atomic E-state index is 4.17. The van der Waals surface area contributed by atoms with E-state index in [4.69, 9.17) is 0 Å². The van der Waals surface area contributed by atoms with Crippen LogP contribution in [0.25, 0.3) is 0 Å². The van der Waals surface area contributed by atoms with Gasteiger partial charge in [0.05, 0.1) is 6.54 Å². The second-order valence-electron chi connectivity index (χ2n) is 4.32. The van der Waals surface area contributed by atoms with E-state index in [0.29, 0.717) is 0 Å². The Hall–Kier alpha value is -1.61. The summed E-state index contributed by atoms with van der Waals surface area (Å²) in [5.41, 5.74) is 4.13. The highest BCUT2D eigenvalue weighted by atomic mass is 15.3. The molecule has 3 nitrogen and oxygen atoms in total. The minimum Gasteiger partial charge on any atom is -0.311 e. The molecule has 0 aliphatic heterocycles. The summed E-state index contributed by atoms with van der Waals surface area (Å²) in [6.07, 6.45) is 3.80. The molecule has 1 aromatic heterocycles. The number of benzene rings is 1. The van der Waals surface area contributed by atoms with Crippen molar-refractivity contribution in [1.29, 1.82) is 0 Å². The Labute approximate surface area is 102 Å². The predicted molar refractivity (Wildman–Crippen MR) is 69.8 cm³/mol. The smallest absolute Gasteiger partial charge is 0.0534 e. The summed E-state index contributed by atoms with van der Waals surface area (Å²) in [5, 5.41) is 7.63. The summed E-state index contributed by atoms with van der Waals surface area (Å²) in [6.45, 7) is 7.11. The fraction of sp³-hybridized carbons (Fsp3) is 0.357. The van der Waals surface area contributed by atoms with Crippen LogP contribution in [0.4, 0.5) is 0 Å². The molecule has 0 saturated heterocycles. The molecule has 0 amide bonds. The first kappa shape index (κ1) is 11.9. The van der Waals surface area contributed by atoms with Crippen molar-refractivity contribution in [3.8, 4) is 0 Å².